The first-order valence-corrected chi connectivity index (χ1v) is 8.36. The summed E-state index contributed by atoms with van der Waals surface area (Å²) < 4.78 is 0. The minimum absolute atomic E-state index is 0.00136. The molecule has 1 heterocycles. The Hall–Kier alpha value is -1.88. The first-order valence-electron chi connectivity index (χ1n) is 8.36. The molecule has 23 heavy (non-hydrogen) atoms. The Balaban J connectivity index is 1.78. The second kappa shape index (κ2) is 8.11. The molecule has 0 aromatic heterocycles. The number of nitrogens with one attached hydrogen (secondary N) is 1. The summed E-state index contributed by atoms with van der Waals surface area (Å²) in [5.41, 5.74) is 7.11. The highest BCUT2D eigenvalue weighted by molar-refractivity contribution is 5.78. The van der Waals surface area contributed by atoms with Crippen LogP contribution in [-0.4, -0.2) is 35.8 Å². The zero-order chi connectivity index (χ0) is 16.8. The lowest BCUT2D eigenvalue weighted by molar-refractivity contribution is -0.132. The van der Waals surface area contributed by atoms with Gasteiger partial charge in [-0.1, -0.05) is 44.2 Å². The molecule has 3 N–H and O–H groups in total. The summed E-state index contributed by atoms with van der Waals surface area (Å²) in [6.45, 7) is 5.14. The van der Waals surface area contributed by atoms with Gasteiger partial charge in [0.15, 0.2) is 0 Å². The van der Waals surface area contributed by atoms with Crippen LogP contribution in [0.4, 0.5) is 0 Å². The number of benzene rings is 1. The molecule has 0 radical (unpaired) electrons. The number of hydrogen-bond donors (Lipinski definition) is 2. The molecular formula is C18H27N3O2. The van der Waals surface area contributed by atoms with Gasteiger partial charge in [-0.25, -0.2) is 0 Å². The van der Waals surface area contributed by atoms with E-state index in [1.165, 1.54) is 0 Å². The highest BCUT2D eigenvalue weighted by Gasteiger charge is 2.25. The fourth-order valence-electron chi connectivity index (χ4n) is 2.78. The van der Waals surface area contributed by atoms with E-state index >= 15 is 0 Å². The zero-order valence-corrected chi connectivity index (χ0v) is 14.0. The maximum atomic E-state index is 12.4. The van der Waals surface area contributed by atoms with Gasteiger partial charge < -0.3 is 16.0 Å². The lowest BCUT2D eigenvalue weighted by Gasteiger charge is -2.33. The number of likely N-dealkylation sites (tertiary alicyclic amines) is 1. The van der Waals surface area contributed by atoms with Crippen LogP contribution in [0.3, 0.4) is 0 Å². The van der Waals surface area contributed by atoms with Crippen molar-refractivity contribution in [2.45, 2.75) is 45.2 Å². The molecule has 0 saturated carbocycles. The minimum Gasteiger partial charge on any atom is -0.353 e. The van der Waals surface area contributed by atoms with E-state index in [0.717, 1.165) is 18.4 Å². The first-order chi connectivity index (χ1) is 11.0. The van der Waals surface area contributed by atoms with E-state index in [1.54, 1.807) is 0 Å². The predicted molar refractivity (Wildman–Crippen MR) is 90.6 cm³/mol. The molecule has 0 spiro atoms. The molecule has 1 saturated heterocycles. The summed E-state index contributed by atoms with van der Waals surface area (Å²) in [6, 6.07) is 9.62. The Bertz CT molecular complexity index is 522. The molecule has 1 aliphatic heterocycles. The normalized spacial score (nSPS) is 17.1. The number of piperidine rings is 1. The molecule has 2 rings (SSSR count). The number of hydrogen-bond acceptors (Lipinski definition) is 3. The van der Waals surface area contributed by atoms with Crippen LogP contribution < -0.4 is 11.1 Å². The average Bonchev–Trinajstić information content (AvgIpc) is 2.56. The lowest BCUT2D eigenvalue weighted by Crippen LogP contribution is -2.47. The molecule has 2 amide bonds. The summed E-state index contributed by atoms with van der Waals surface area (Å²) in [4.78, 5) is 26.0. The van der Waals surface area contributed by atoms with Crippen molar-refractivity contribution in [3.63, 3.8) is 0 Å². The molecule has 5 nitrogen and oxygen atoms in total. The van der Waals surface area contributed by atoms with E-state index in [-0.39, 0.29) is 29.8 Å². The van der Waals surface area contributed by atoms with E-state index in [4.69, 9.17) is 5.73 Å². The van der Waals surface area contributed by atoms with Gasteiger partial charge in [-0.2, -0.15) is 0 Å². The van der Waals surface area contributed by atoms with Gasteiger partial charge in [-0.3, -0.25) is 9.59 Å². The van der Waals surface area contributed by atoms with Crippen LogP contribution in [0, 0.1) is 5.92 Å². The van der Waals surface area contributed by atoms with Gasteiger partial charge in [0.2, 0.25) is 11.8 Å². The molecule has 1 atom stereocenters. The van der Waals surface area contributed by atoms with E-state index < -0.39 is 0 Å². The van der Waals surface area contributed by atoms with Crippen molar-refractivity contribution in [1.29, 1.82) is 0 Å². The highest BCUT2D eigenvalue weighted by Crippen LogP contribution is 2.17. The maximum absolute atomic E-state index is 12.4. The van der Waals surface area contributed by atoms with E-state index in [0.29, 0.717) is 19.5 Å². The number of rotatable bonds is 5. The zero-order valence-electron chi connectivity index (χ0n) is 14.0. The molecule has 5 heteroatoms. The fraction of sp³-hybridized carbons (Fsp3) is 0.556. The Labute approximate surface area is 138 Å². The number of carbonyl (C=O) groups excluding carboxylic acids is 2. The van der Waals surface area contributed by atoms with Gasteiger partial charge in [-0.05, 0) is 18.4 Å². The van der Waals surface area contributed by atoms with Crippen molar-refractivity contribution >= 4 is 11.8 Å². The number of amides is 2. The standard InChI is InChI=1S/C18H27N3O2/c1-13(2)18(23)20-15-8-10-21(11-9-15)17(22)12-16(19)14-6-4-3-5-7-14/h3-7,13,15-16H,8-12,19H2,1-2H3,(H,20,23). The van der Waals surface area contributed by atoms with E-state index in [2.05, 4.69) is 5.32 Å². The van der Waals surface area contributed by atoms with Gasteiger partial charge in [0.1, 0.15) is 0 Å². The van der Waals surface area contributed by atoms with E-state index in [1.807, 2.05) is 49.1 Å². The largest absolute Gasteiger partial charge is 0.353 e. The third kappa shape index (κ3) is 5.06. The van der Waals surface area contributed by atoms with E-state index in [9.17, 15) is 9.59 Å². The molecule has 0 bridgehead atoms. The maximum Gasteiger partial charge on any atom is 0.224 e. The molecule has 1 aliphatic rings. The topological polar surface area (TPSA) is 75.4 Å². The van der Waals surface area contributed by atoms with Crippen molar-refractivity contribution in [3.05, 3.63) is 35.9 Å². The van der Waals surface area contributed by atoms with Gasteiger partial charge in [-0.15, -0.1) is 0 Å². The smallest absolute Gasteiger partial charge is 0.224 e. The second-order valence-corrected chi connectivity index (χ2v) is 6.54. The molecule has 0 aliphatic carbocycles. The van der Waals surface area contributed by atoms with Crippen LogP contribution in [0.25, 0.3) is 0 Å². The SMILES string of the molecule is CC(C)C(=O)NC1CCN(C(=O)CC(N)c2ccccc2)CC1. The summed E-state index contributed by atoms with van der Waals surface area (Å²) in [7, 11) is 0. The monoisotopic (exact) mass is 317 g/mol. The van der Waals surface area contributed by atoms with Gasteiger partial charge >= 0.3 is 0 Å². The molecular weight excluding hydrogens is 290 g/mol. The lowest BCUT2D eigenvalue weighted by atomic mass is 10.0. The van der Waals surface area contributed by atoms with Gasteiger partial charge in [0.05, 0.1) is 0 Å². The fourth-order valence-corrected chi connectivity index (χ4v) is 2.78. The molecule has 1 aromatic rings. The van der Waals surface area contributed by atoms with Crippen LogP contribution in [0.1, 0.15) is 44.7 Å². The van der Waals surface area contributed by atoms with Crippen molar-refractivity contribution < 1.29 is 9.59 Å². The third-order valence-electron chi connectivity index (χ3n) is 4.34. The van der Waals surface area contributed by atoms with Gasteiger partial charge in [0.25, 0.3) is 0 Å². The van der Waals surface area contributed by atoms with Crippen LogP contribution >= 0.6 is 0 Å². The summed E-state index contributed by atoms with van der Waals surface area (Å²) >= 11 is 0. The summed E-state index contributed by atoms with van der Waals surface area (Å²) in [6.07, 6.45) is 1.95. The third-order valence-corrected chi connectivity index (χ3v) is 4.34. The van der Waals surface area contributed by atoms with Crippen LogP contribution in [0.5, 0.6) is 0 Å². The Morgan fingerprint density at radius 1 is 1.22 bits per heavy atom. The van der Waals surface area contributed by atoms with Crippen LogP contribution in [-0.2, 0) is 9.59 Å². The number of nitrogens with zero attached hydrogens (tertiary/aromatic N) is 1. The van der Waals surface area contributed by atoms with Crippen molar-refractivity contribution in [1.82, 2.24) is 10.2 Å². The first kappa shape index (κ1) is 17.5. The Kier molecular flexibility index (Phi) is 6.16. The summed E-state index contributed by atoms with van der Waals surface area (Å²) in [5.74, 6) is 0.175. The molecule has 1 fully saturated rings. The van der Waals surface area contributed by atoms with Crippen molar-refractivity contribution in [3.8, 4) is 0 Å². The molecule has 1 unspecified atom stereocenters. The van der Waals surface area contributed by atoms with Crippen molar-refractivity contribution in [2.24, 2.45) is 11.7 Å². The average molecular weight is 317 g/mol. The van der Waals surface area contributed by atoms with Crippen LogP contribution in [0.15, 0.2) is 30.3 Å². The Morgan fingerprint density at radius 2 is 1.83 bits per heavy atom. The number of nitrogens with two attached hydrogens (primary N) is 1. The predicted octanol–water partition coefficient (Wildman–Crippen LogP) is 1.84. The minimum atomic E-state index is -0.262. The summed E-state index contributed by atoms with van der Waals surface area (Å²) in [5, 5.41) is 3.04. The Morgan fingerprint density at radius 3 is 2.39 bits per heavy atom. The number of carbonyl (C=O) groups is 2. The van der Waals surface area contributed by atoms with Crippen molar-refractivity contribution in [2.75, 3.05) is 13.1 Å². The highest BCUT2D eigenvalue weighted by atomic mass is 16.2. The molecule has 126 valence electrons. The quantitative estimate of drug-likeness (QED) is 0.870. The molecule has 1 aromatic carbocycles. The second-order valence-electron chi connectivity index (χ2n) is 6.54. The van der Waals surface area contributed by atoms with Gasteiger partial charge in [0, 0.05) is 37.5 Å². The van der Waals surface area contributed by atoms with Crippen LogP contribution in [0.2, 0.25) is 0 Å².